The smallest absolute Gasteiger partial charge is 0.339 e. The number of nitrogens with zero attached hydrogens (tertiary/aromatic N) is 1. The number of aryl methyl sites for hydroxylation is 1. The summed E-state index contributed by atoms with van der Waals surface area (Å²) in [6.07, 6.45) is 0.857. The minimum Gasteiger partial charge on any atom is -0.478 e. The van der Waals surface area contributed by atoms with Gasteiger partial charge in [0, 0.05) is 13.7 Å². The molecule has 0 aromatic carbocycles. The first kappa shape index (κ1) is 15.2. The maximum atomic E-state index is 11.7. The van der Waals surface area contributed by atoms with Gasteiger partial charge in [0.15, 0.2) is 0 Å². The van der Waals surface area contributed by atoms with Gasteiger partial charge >= 0.3 is 5.97 Å². The van der Waals surface area contributed by atoms with E-state index in [2.05, 4.69) is 0 Å². The number of hydrogen-bond donors (Lipinski definition) is 1. The van der Waals surface area contributed by atoms with Gasteiger partial charge in [0.05, 0.1) is 6.54 Å². The van der Waals surface area contributed by atoms with Crippen LogP contribution in [0.4, 0.5) is 0 Å². The van der Waals surface area contributed by atoms with E-state index in [9.17, 15) is 9.59 Å². The Hall–Kier alpha value is -1.82. The molecule has 0 fully saturated rings. The summed E-state index contributed by atoms with van der Waals surface area (Å²) in [4.78, 5) is 24.0. The molecule has 0 saturated carbocycles. The van der Waals surface area contributed by atoms with Crippen molar-refractivity contribution in [3.8, 4) is 0 Å². The third-order valence-electron chi connectivity index (χ3n) is 2.59. The van der Waals surface area contributed by atoms with Gasteiger partial charge in [0.2, 0.25) is 5.91 Å². The van der Waals surface area contributed by atoms with Crippen molar-refractivity contribution in [1.82, 2.24) is 4.90 Å². The zero-order valence-electron chi connectivity index (χ0n) is 11.4. The van der Waals surface area contributed by atoms with Crippen LogP contribution in [0.3, 0.4) is 0 Å². The number of rotatable bonds is 7. The second kappa shape index (κ2) is 6.94. The minimum absolute atomic E-state index is 0.0236. The summed E-state index contributed by atoms with van der Waals surface area (Å²) in [7, 11) is 1.62. The van der Waals surface area contributed by atoms with Crippen LogP contribution in [0.2, 0.25) is 0 Å². The molecule has 0 aliphatic heterocycles. The lowest BCUT2D eigenvalue weighted by molar-refractivity contribution is -0.135. The molecule has 0 aliphatic rings. The molecule has 0 unspecified atom stereocenters. The standard InChI is InChI=1S/C13H19NO5/c1-4-5-18-8-12(15)14(3)7-10-6-11(13(16)17)9(2)19-10/h6H,4-5,7-8H2,1-3H3,(H,16,17). The number of amides is 1. The number of carbonyl (C=O) groups excluding carboxylic acids is 1. The lowest BCUT2D eigenvalue weighted by Gasteiger charge is -2.15. The second-order valence-electron chi connectivity index (χ2n) is 4.29. The quantitative estimate of drug-likeness (QED) is 0.762. The van der Waals surface area contributed by atoms with E-state index in [1.165, 1.54) is 11.0 Å². The normalized spacial score (nSPS) is 10.5. The first-order valence-electron chi connectivity index (χ1n) is 6.10. The number of carboxylic acids is 1. The maximum absolute atomic E-state index is 11.7. The Morgan fingerprint density at radius 2 is 2.16 bits per heavy atom. The average molecular weight is 269 g/mol. The topological polar surface area (TPSA) is 80.0 Å². The Bertz CT molecular complexity index is 452. The van der Waals surface area contributed by atoms with Crippen LogP contribution in [0.15, 0.2) is 10.5 Å². The zero-order chi connectivity index (χ0) is 14.4. The maximum Gasteiger partial charge on any atom is 0.339 e. The number of furan rings is 1. The number of ether oxygens (including phenoxy) is 1. The number of carboxylic acid groups (broad SMARTS) is 1. The predicted molar refractivity (Wildman–Crippen MR) is 68.0 cm³/mol. The van der Waals surface area contributed by atoms with Gasteiger partial charge in [-0.05, 0) is 19.4 Å². The van der Waals surface area contributed by atoms with Gasteiger partial charge in [-0.1, -0.05) is 6.92 Å². The van der Waals surface area contributed by atoms with Crippen LogP contribution >= 0.6 is 0 Å². The van der Waals surface area contributed by atoms with E-state index in [4.69, 9.17) is 14.3 Å². The number of hydrogen-bond acceptors (Lipinski definition) is 4. The van der Waals surface area contributed by atoms with Gasteiger partial charge in [-0.15, -0.1) is 0 Å². The molecular formula is C13H19NO5. The molecule has 0 bridgehead atoms. The van der Waals surface area contributed by atoms with E-state index in [-0.39, 0.29) is 24.6 Å². The van der Waals surface area contributed by atoms with Crippen molar-refractivity contribution in [3.05, 3.63) is 23.2 Å². The van der Waals surface area contributed by atoms with Crippen molar-refractivity contribution in [3.63, 3.8) is 0 Å². The molecule has 1 rings (SSSR count). The zero-order valence-corrected chi connectivity index (χ0v) is 11.4. The Labute approximate surface area is 112 Å². The molecule has 1 heterocycles. The molecular weight excluding hydrogens is 250 g/mol. The Morgan fingerprint density at radius 1 is 1.47 bits per heavy atom. The molecule has 106 valence electrons. The number of likely N-dealkylation sites (N-methyl/N-ethyl adjacent to an activating group) is 1. The highest BCUT2D eigenvalue weighted by Gasteiger charge is 2.16. The molecule has 1 aromatic rings. The fourth-order valence-corrected chi connectivity index (χ4v) is 1.57. The molecule has 0 aliphatic carbocycles. The number of aromatic carboxylic acids is 1. The molecule has 19 heavy (non-hydrogen) atoms. The van der Waals surface area contributed by atoms with Gasteiger partial charge in [0.1, 0.15) is 23.7 Å². The van der Waals surface area contributed by atoms with Gasteiger partial charge in [-0.2, -0.15) is 0 Å². The van der Waals surface area contributed by atoms with Crippen molar-refractivity contribution in [1.29, 1.82) is 0 Å². The van der Waals surface area contributed by atoms with Gasteiger partial charge < -0.3 is 19.2 Å². The van der Waals surface area contributed by atoms with Gasteiger partial charge in [0.25, 0.3) is 0 Å². The Kier molecular flexibility index (Phi) is 5.57. The van der Waals surface area contributed by atoms with E-state index in [1.807, 2.05) is 6.92 Å². The largest absolute Gasteiger partial charge is 0.478 e. The molecule has 1 aromatic heterocycles. The summed E-state index contributed by atoms with van der Waals surface area (Å²) in [6, 6.07) is 1.44. The minimum atomic E-state index is -1.03. The Balaban J connectivity index is 2.56. The Morgan fingerprint density at radius 3 is 2.68 bits per heavy atom. The van der Waals surface area contributed by atoms with Gasteiger partial charge in [-0.25, -0.2) is 4.79 Å². The van der Waals surface area contributed by atoms with Crippen LogP contribution in [0.1, 0.15) is 35.2 Å². The molecule has 6 heteroatoms. The summed E-state index contributed by atoms with van der Waals surface area (Å²) in [6.45, 7) is 4.34. The highest BCUT2D eigenvalue weighted by atomic mass is 16.5. The van der Waals surface area contributed by atoms with E-state index in [0.29, 0.717) is 18.1 Å². The van der Waals surface area contributed by atoms with Gasteiger partial charge in [-0.3, -0.25) is 4.79 Å². The second-order valence-corrected chi connectivity index (χ2v) is 4.29. The van der Waals surface area contributed by atoms with Crippen molar-refractivity contribution in [2.45, 2.75) is 26.8 Å². The van der Waals surface area contributed by atoms with Crippen LogP contribution in [-0.4, -0.2) is 42.1 Å². The third-order valence-corrected chi connectivity index (χ3v) is 2.59. The fraction of sp³-hybridized carbons (Fsp3) is 0.538. The van der Waals surface area contributed by atoms with Crippen molar-refractivity contribution >= 4 is 11.9 Å². The third kappa shape index (κ3) is 4.40. The van der Waals surface area contributed by atoms with E-state index < -0.39 is 5.97 Å². The lowest BCUT2D eigenvalue weighted by atomic mass is 10.2. The first-order valence-corrected chi connectivity index (χ1v) is 6.10. The van der Waals surface area contributed by atoms with Crippen LogP contribution < -0.4 is 0 Å². The van der Waals surface area contributed by atoms with Crippen molar-refractivity contribution in [2.75, 3.05) is 20.3 Å². The highest BCUT2D eigenvalue weighted by Crippen LogP contribution is 2.16. The summed E-state index contributed by atoms with van der Waals surface area (Å²) < 4.78 is 10.5. The van der Waals surface area contributed by atoms with Crippen molar-refractivity contribution < 1.29 is 23.8 Å². The predicted octanol–water partition coefficient (Wildman–Crippen LogP) is 1.67. The molecule has 6 nitrogen and oxygen atoms in total. The van der Waals surface area contributed by atoms with E-state index >= 15 is 0 Å². The summed E-state index contributed by atoms with van der Waals surface area (Å²) in [5.41, 5.74) is 0.123. The molecule has 0 saturated heterocycles. The average Bonchev–Trinajstić information content (AvgIpc) is 2.70. The fourth-order valence-electron chi connectivity index (χ4n) is 1.57. The molecule has 0 spiro atoms. The highest BCUT2D eigenvalue weighted by molar-refractivity contribution is 5.88. The SMILES string of the molecule is CCCOCC(=O)N(C)Cc1cc(C(=O)O)c(C)o1. The molecule has 1 amide bonds. The first-order chi connectivity index (χ1) is 8.95. The van der Waals surface area contributed by atoms with E-state index in [1.54, 1.807) is 14.0 Å². The number of carbonyl (C=O) groups is 2. The summed E-state index contributed by atoms with van der Waals surface area (Å²) in [5.74, 6) is -0.418. The molecule has 0 radical (unpaired) electrons. The lowest BCUT2D eigenvalue weighted by Crippen LogP contribution is -2.29. The summed E-state index contributed by atoms with van der Waals surface area (Å²) >= 11 is 0. The molecule has 0 atom stereocenters. The monoisotopic (exact) mass is 269 g/mol. The summed E-state index contributed by atoms with van der Waals surface area (Å²) in [5, 5.41) is 8.91. The van der Waals surface area contributed by atoms with Crippen LogP contribution in [-0.2, 0) is 16.1 Å². The van der Waals surface area contributed by atoms with Crippen LogP contribution in [0.5, 0.6) is 0 Å². The van der Waals surface area contributed by atoms with Crippen LogP contribution in [0, 0.1) is 6.92 Å². The van der Waals surface area contributed by atoms with Crippen LogP contribution in [0.25, 0.3) is 0 Å². The van der Waals surface area contributed by atoms with E-state index in [0.717, 1.165) is 6.42 Å². The van der Waals surface area contributed by atoms with Crippen molar-refractivity contribution in [2.24, 2.45) is 0 Å². The molecule has 1 N–H and O–H groups in total.